The lowest BCUT2D eigenvalue weighted by Gasteiger charge is -2.46. The number of aliphatic hydroxyl groups excluding tert-OH is 1. The monoisotopic (exact) mass is 686 g/mol. The van der Waals surface area contributed by atoms with Crippen LogP contribution in [0.4, 0.5) is 11.4 Å². The smallest absolute Gasteiger partial charge is 0.276 e. The highest BCUT2D eigenvalue weighted by Crippen LogP contribution is 2.43. The standard InChI is InChI=1S/C34H37Cl3N4O5/c1-22-28(19-40-17-15-33(16-18-40)31(43)38-21-41(33)27-5-3-2-4-6-27)45-30(46-29(22)24-9-7-23(20-42)8-10-24)25-11-13-26(14-12-25)39-32(44)34(35,36)37/h2-14,22,28-30,42H,15-21H2,1H3,(H,38,43)(H,39,44). The molecule has 1 spiro atoms. The summed E-state index contributed by atoms with van der Waals surface area (Å²) < 4.78 is 11.1. The van der Waals surface area contributed by atoms with Crippen LogP contribution in [0.15, 0.2) is 78.9 Å². The molecule has 3 N–H and O–H groups in total. The molecule has 9 nitrogen and oxygen atoms in total. The number of hydrogen-bond acceptors (Lipinski definition) is 7. The van der Waals surface area contributed by atoms with Gasteiger partial charge < -0.3 is 35.0 Å². The van der Waals surface area contributed by atoms with Gasteiger partial charge in [0.1, 0.15) is 5.54 Å². The molecule has 0 bridgehead atoms. The maximum atomic E-state index is 13.2. The molecule has 3 heterocycles. The molecule has 3 aliphatic heterocycles. The molecule has 0 saturated carbocycles. The largest absolute Gasteiger partial charge is 0.392 e. The van der Waals surface area contributed by atoms with Crippen LogP contribution in [0.1, 0.15) is 48.8 Å². The molecular formula is C34H37Cl3N4O5. The van der Waals surface area contributed by atoms with Crippen molar-refractivity contribution in [3.05, 3.63) is 95.6 Å². The Morgan fingerprint density at radius 2 is 1.63 bits per heavy atom. The normalized spacial score (nSPS) is 25.0. The second kappa shape index (κ2) is 13.7. The molecule has 3 saturated heterocycles. The number of anilines is 2. The molecule has 4 atom stereocenters. The van der Waals surface area contributed by atoms with Gasteiger partial charge in [0, 0.05) is 42.5 Å². The number of para-hydroxylation sites is 1. The summed E-state index contributed by atoms with van der Waals surface area (Å²) in [5.74, 6) is -0.654. The van der Waals surface area contributed by atoms with E-state index in [0.717, 1.165) is 35.5 Å². The van der Waals surface area contributed by atoms with E-state index in [9.17, 15) is 14.7 Å². The van der Waals surface area contributed by atoms with Crippen LogP contribution in [0.25, 0.3) is 0 Å². The number of benzene rings is 3. The van der Waals surface area contributed by atoms with Crippen molar-refractivity contribution in [3.8, 4) is 0 Å². The lowest BCUT2D eigenvalue weighted by molar-refractivity contribution is -0.276. The first-order valence-corrected chi connectivity index (χ1v) is 16.5. The number of carbonyl (C=O) groups is 2. The highest BCUT2D eigenvalue weighted by molar-refractivity contribution is 6.76. The Labute approximate surface area is 283 Å². The maximum absolute atomic E-state index is 13.2. The minimum atomic E-state index is -2.08. The molecule has 3 fully saturated rings. The van der Waals surface area contributed by atoms with E-state index in [2.05, 4.69) is 39.5 Å². The summed E-state index contributed by atoms with van der Waals surface area (Å²) >= 11 is 17.1. The first-order chi connectivity index (χ1) is 22.1. The third kappa shape index (κ3) is 6.87. The summed E-state index contributed by atoms with van der Waals surface area (Å²) in [7, 11) is 0. The van der Waals surface area contributed by atoms with Crippen LogP contribution < -0.4 is 15.5 Å². The summed E-state index contributed by atoms with van der Waals surface area (Å²) in [5.41, 5.74) is 3.55. The Morgan fingerprint density at radius 1 is 0.978 bits per heavy atom. The van der Waals surface area contributed by atoms with Crippen molar-refractivity contribution >= 4 is 58.0 Å². The Hall–Kier alpha value is -2.89. The molecule has 46 heavy (non-hydrogen) atoms. The third-order valence-electron chi connectivity index (χ3n) is 9.35. The van der Waals surface area contributed by atoms with Crippen molar-refractivity contribution in [1.29, 1.82) is 0 Å². The van der Waals surface area contributed by atoms with Crippen molar-refractivity contribution in [3.63, 3.8) is 0 Å². The van der Waals surface area contributed by atoms with Crippen LogP contribution in [-0.2, 0) is 25.7 Å². The Kier molecular flexibility index (Phi) is 9.83. The zero-order chi connectivity index (χ0) is 32.5. The number of aliphatic hydroxyl groups is 1. The number of hydrogen-bond donors (Lipinski definition) is 3. The molecular weight excluding hydrogens is 651 g/mol. The van der Waals surface area contributed by atoms with Crippen LogP contribution in [0.2, 0.25) is 0 Å². The summed E-state index contributed by atoms with van der Waals surface area (Å²) in [6.45, 7) is 4.78. The fourth-order valence-electron chi connectivity index (χ4n) is 6.65. The SMILES string of the molecule is CC1C(CN2CCC3(CC2)C(=O)NCN3c2ccccc2)OC(c2ccc(NC(=O)C(Cl)(Cl)Cl)cc2)OC1c1ccc(CO)cc1. The van der Waals surface area contributed by atoms with Crippen molar-refractivity contribution in [2.45, 2.75) is 54.2 Å². The lowest BCUT2D eigenvalue weighted by atomic mass is 9.84. The fourth-order valence-corrected chi connectivity index (χ4v) is 6.79. The van der Waals surface area contributed by atoms with Gasteiger partial charge in [-0.3, -0.25) is 9.59 Å². The first-order valence-electron chi connectivity index (χ1n) is 15.4. The number of carbonyl (C=O) groups excluding carboxylic acids is 2. The number of rotatable bonds is 7. The topological polar surface area (TPSA) is 103 Å². The quantitative estimate of drug-likeness (QED) is 0.274. The van der Waals surface area contributed by atoms with Crippen molar-refractivity contribution in [2.75, 3.05) is 36.5 Å². The second-order valence-corrected chi connectivity index (χ2v) is 14.4. The predicted octanol–water partition coefficient (Wildman–Crippen LogP) is 5.71. The van der Waals surface area contributed by atoms with E-state index in [1.807, 2.05) is 54.6 Å². The van der Waals surface area contributed by atoms with Crippen molar-refractivity contribution < 1.29 is 24.2 Å². The summed E-state index contributed by atoms with van der Waals surface area (Å²) in [6, 6.07) is 25.0. The average Bonchev–Trinajstić information content (AvgIpc) is 3.38. The van der Waals surface area contributed by atoms with Gasteiger partial charge in [0.25, 0.3) is 9.70 Å². The first kappa shape index (κ1) is 33.0. The predicted molar refractivity (Wildman–Crippen MR) is 179 cm³/mol. The van der Waals surface area contributed by atoms with E-state index in [0.29, 0.717) is 31.7 Å². The summed E-state index contributed by atoms with van der Waals surface area (Å²) in [4.78, 5) is 29.9. The number of likely N-dealkylation sites (tertiary alicyclic amines) is 1. The molecule has 3 aliphatic rings. The Morgan fingerprint density at radius 3 is 2.26 bits per heavy atom. The van der Waals surface area contributed by atoms with E-state index in [1.54, 1.807) is 12.1 Å². The molecule has 3 aromatic carbocycles. The number of alkyl halides is 3. The minimum Gasteiger partial charge on any atom is -0.392 e. The summed E-state index contributed by atoms with van der Waals surface area (Å²) in [5, 5.41) is 15.2. The van der Waals surface area contributed by atoms with Gasteiger partial charge in [0.05, 0.1) is 25.5 Å². The number of piperidine rings is 1. The van der Waals surface area contributed by atoms with Crippen LogP contribution in [0.5, 0.6) is 0 Å². The van der Waals surface area contributed by atoms with Crippen LogP contribution in [-0.4, -0.2) is 63.6 Å². The van der Waals surface area contributed by atoms with Gasteiger partial charge in [-0.25, -0.2) is 0 Å². The molecule has 0 radical (unpaired) electrons. The molecule has 0 aliphatic carbocycles. The minimum absolute atomic E-state index is 0.00515. The third-order valence-corrected chi connectivity index (χ3v) is 9.86. The van der Waals surface area contributed by atoms with Crippen LogP contribution in [0.3, 0.4) is 0 Å². The number of nitrogens with one attached hydrogen (secondary N) is 2. The molecule has 244 valence electrons. The molecule has 12 heteroatoms. The second-order valence-electron chi connectivity index (χ2n) is 12.2. The lowest BCUT2D eigenvalue weighted by Crippen LogP contribution is -2.57. The molecule has 0 aromatic heterocycles. The van der Waals surface area contributed by atoms with Crippen LogP contribution in [0, 0.1) is 5.92 Å². The number of amides is 2. The average molecular weight is 688 g/mol. The van der Waals surface area contributed by atoms with Gasteiger partial charge in [-0.2, -0.15) is 0 Å². The zero-order valence-electron chi connectivity index (χ0n) is 25.4. The Bertz CT molecular complexity index is 1510. The highest BCUT2D eigenvalue weighted by atomic mass is 35.6. The maximum Gasteiger partial charge on any atom is 0.276 e. The summed E-state index contributed by atoms with van der Waals surface area (Å²) in [6.07, 6.45) is 0.295. The van der Waals surface area contributed by atoms with E-state index in [4.69, 9.17) is 44.3 Å². The van der Waals surface area contributed by atoms with Gasteiger partial charge in [-0.1, -0.05) is 96.3 Å². The molecule has 6 rings (SSSR count). The van der Waals surface area contributed by atoms with E-state index >= 15 is 0 Å². The van der Waals surface area contributed by atoms with E-state index in [1.165, 1.54) is 0 Å². The number of ether oxygens (including phenoxy) is 2. The highest BCUT2D eigenvalue weighted by Gasteiger charge is 2.51. The molecule has 4 unspecified atom stereocenters. The van der Waals surface area contributed by atoms with Gasteiger partial charge in [0.2, 0.25) is 5.91 Å². The number of halogens is 3. The van der Waals surface area contributed by atoms with E-state index < -0.39 is 21.5 Å². The van der Waals surface area contributed by atoms with Gasteiger partial charge >= 0.3 is 0 Å². The fraction of sp³-hybridized carbons (Fsp3) is 0.412. The van der Waals surface area contributed by atoms with Gasteiger partial charge in [-0.15, -0.1) is 0 Å². The van der Waals surface area contributed by atoms with Crippen LogP contribution >= 0.6 is 34.8 Å². The van der Waals surface area contributed by atoms with Gasteiger partial charge in [-0.05, 0) is 48.2 Å². The zero-order valence-corrected chi connectivity index (χ0v) is 27.6. The molecule has 2 amide bonds. The number of nitrogens with zero attached hydrogens (tertiary/aromatic N) is 2. The molecule has 3 aromatic rings. The van der Waals surface area contributed by atoms with Crippen molar-refractivity contribution in [2.24, 2.45) is 5.92 Å². The Balaban J connectivity index is 1.19. The van der Waals surface area contributed by atoms with E-state index in [-0.39, 0.29) is 30.6 Å². The van der Waals surface area contributed by atoms with Crippen molar-refractivity contribution in [1.82, 2.24) is 10.2 Å². The van der Waals surface area contributed by atoms with Gasteiger partial charge in [0.15, 0.2) is 6.29 Å².